The smallest absolute Gasteiger partial charge is 0.410 e. The first-order valence-electron chi connectivity index (χ1n) is 8.64. The highest BCUT2D eigenvalue weighted by molar-refractivity contribution is 6.32. The highest BCUT2D eigenvalue weighted by Crippen LogP contribution is 2.23. The molecule has 2 amide bonds. The lowest BCUT2D eigenvalue weighted by Crippen LogP contribution is -2.47. The van der Waals surface area contributed by atoms with Crippen LogP contribution in [-0.4, -0.2) is 51.8 Å². The van der Waals surface area contributed by atoms with Gasteiger partial charge < -0.3 is 15.0 Å². The summed E-state index contributed by atoms with van der Waals surface area (Å²) < 4.78 is 5.39. The molecule has 1 saturated heterocycles. The maximum absolute atomic E-state index is 12.7. The predicted molar refractivity (Wildman–Crippen MR) is 99.4 cm³/mol. The fourth-order valence-corrected chi connectivity index (χ4v) is 3.22. The molecule has 1 aliphatic heterocycles. The van der Waals surface area contributed by atoms with E-state index in [-0.39, 0.29) is 18.0 Å². The van der Waals surface area contributed by atoms with Crippen molar-refractivity contribution in [2.24, 2.45) is 0 Å². The van der Waals surface area contributed by atoms with E-state index in [2.05, 4.69) is 15.5 Å². The van der Waals surface area contributed by atoms with Crippen LogP contribution in [0.1, 0.15) is 44.0 Å². The third-order valence-electron chi connectivity index (χ3n) is 4.24. The van der Waals surface area contributed by atoms with Crippen LogP contribution >= 0.6 is 11.6 Å². The molecule has 1 aromatic carbocycles. The van der Waals surface area contributed by atoms with Gasteiger partial charge in [-0.2, -0.15) is 5.10 Å². The topological polar surface area (TPSA) is 87.3 Å². The van der Waals surface area contributed by atoms with Gasteiger partial charge in [-0.1, -0.05) is 11.6 Å². The summed E-state index contributed by atoms with van der Waals surface area (Å²) in [6.45, 7) is 6.64. The SMILES string of the molecule is CC(C)(C)OC(=O)N1CCC(NC(=O)c2cc(Cl)cc3cn[nH]c23)CC1. The molecule has 0 radical (unpaired) electrons. The number of benzene rings is 1. The Labute approximate surface area is 157 Å². The van der Waals surface area contributed by atoms with Crippen LogP contribution in [0.4, 0.5) is 4.79 Å². The zero-order valence-corrected chi connectivity index (χ0v) is 15.9. The van der Waals surface area contributed by atoms with E-state index in [0.29, 0.717) is 42.0 Å². The number of amides is 2. The number of hydrogen-bond acceptors (Lipinski definition) is 4. The Bertz CT molecular complexity index is 819. The number of nitrogens with one attached hydrogen (secondary N) is 2. The van der Waals surface area contributed by atoms with Gasteiger partial charge in [-0.25, -0.2) is 4.79 Å². The lowest BCUT2D eigenvalue weighted by molar-refractivity contribution is 0.0199. The summed E-state index contributed by atoms with van der Waals surface area (Å²) in [5, 5.41) is 11.1. The molecule has 0 bridgehead atoms. The monoisotopic (exact) mass is 378 g/mol. The Kier molecular flexibility index (Phi) is 5.09. The zero-order valence-electron chi connectivity index (χ0n) is 15.1. The van der Waals surface area contributed by atoms with Crippen molar-refractivity contribution in [1.82, 2.24) is 20.4 Å². The maximum Gasteiger partial charge on any atom is 0.410 e. The van der Waals surface area contributed by atoms with Crippen molar-refractivity contribution in [1.29, 1.82) is 0 Å². The minimum absolute atomic E-state index is 0.00172. The van der Waals surface area contributed by atoms with E-state index in [1.54, 1.807) is 23.2 Å². The van der Waals surface area contributed by atoms with Crippen molar-refractivity contribution in [3.05, 3.63) is 28.9 Å². The number of piperidine rings is 1. The van der Waals surface area contributed by atoms with Crippen molar-refractivity contribution in [2.45, 2.75) is 45.3 Å². The lowest BCUT2D eigenvalue weighted by Gasteiger charge is -2.33. The van der Waals surface area contributed by atoms with Gasteiger partial charge in [0, 0.05) is 29.5 Å². The van der Waals surface area contributed by atoms with E-state index in [0.717, 1.165) is 5.39 Å². The molecule has 3 rings (SSSR count). The van der Waals surface area contributed by atoms with E-state index in [9.17, 15) is 9.59 Å². The van der Waals surface area contributed by atoms with E-state index in [4.69, 9.17) is 16.3 Å². The molecular formula is C18H23ClN4O3. The Morgan fingerprint density at radius 1 is 1.31 bits per heavy atom. The van der Waals surface area contributed by atoms with Gasteiger partial charge in [0.05, 0.1) is 17.3 Å². The average molecular weight is 379 g/mol. The van der Waals surface area contributed by atoms with Crippen LogP contribution in [0.5, 0.6) is 0 Å². The Balaban J connectivity index is 1.60. The normalized spacial score (nSPS) is 15.9. The predicted octanol–water partition coefficient (Wildman–Crippen LogP) is 3.35. The fourth-order valence-electron chi connectivity index (χ4n) is 3.00. The van der Waals surface area contributed by atoms with Crippen LogP contribution in [0.2, 0.25) is 5.02 Å². The summed E-state index contributed by atoms with van der Waals surface area (Å²) in [6.07, 6.45) is 2.68. The van der Waals surface area contributed by atoms with Crippen molar-refractivity contribution < 1.29 is 14.3 Å². The van der Waals surface area contributed by atoms with Gasteiger partial charge in [0.1, 0.15) is 5.60 Å². The third kappa shape index (κ3) is 4.27. The van der Waals surface area contributed by atoms with E-state index < -0.39 is 5.60 Å². The number of fused-ring (bicyclic) bond motifs is 1. The van der Waals surface area contributed by atoms with E-state index in [1.807, 2.05) is 20.8 Å². The van der Waals surface area contributed by atoms with Gasteiger partial charge in [0.2, 0.25) is 0 Å². The average Bonchev–Trinajstić information content (AvgIpc) is 3.01. The van der Waals surface area contributed by atoms with Crippen LogP contribution in [-0.2, 0) is 4.74 Å². The summed E-state index contributed by atoms with van der Waals surface area (Å²) in [7, 11) is 0. The van der Waals surface area contributed by atoms with E-state index in [1.165, 1.54) is 0 Å². The Morgan fingerprint density at radius 3 is 2.65 bits per heavy atom. The van der Waals surface area contributed by atoms with Crippen molar-refractivity contribution in [3.8, 4) is 0 Å². The molecule has 1 aromatic heterocycles. The second kappa shape index (κ2) is 7.15. The number of hydrogen-bond donors (Lipinski definition) is 2. The van der Waals surface area contributed by atoms with Crippen LogP contribution in [0.3, 0.4) is 0 Å². The van der Waals surface area contributed by atoms with Gasteiger partial charge in [-0.15, -0.1) is 0 Å². The molecule has 0 saturated carbocycles. The second-order valence-corrected chi connectivity index (χ2v) is 7.94. The molecule has 2 aromatic rings. The lowest BCUT2D eigenvalue weighted by atomic mass is 10.0. The number of halogens is 1. The van der Waals surface area contributed by atoms with Crippen molar-refractivity contribution >= 4 is 34.5 Å². The molecule has 0 aliphatic carbocycles. The maximum atomic E-state index is 12.7. The summed E-state index contributed by atoms with van der Waals surface area (Å²) in [5.74, 6) is -0.197. The quantitative estimate of drug-likeness (QED) is 0.838. The molecule has 1 fully saturated rings. The number of ether oxygens (including phenoxy) is 1. The molecule has 140 valence electrons. The van der Waals surface area contributed by atoms with Gasteiger partial charge >= 0.3 is 6.09 Å². The zero-order chi connectivity index (χ0) is 18.9. The summed E-state index contributed by atoms with van der Waals surface area (Å²) in [5.41, 5.74) is 0.627. The Morgan fingerprint density at radius 2 is 2.00 bits per heavy atom. The number of likely N-dealkylation sites (tertiary alicyclic amines) is 1. The first-order valence-corrected chi connectivity index (χ1v) is 9.02. The number of rotatable bonds is 2. The molecule has 26 heavy (non-hydrogen) atoms. The molecule has 2 N–H and O–H groups in total. The largest absolute Gasteiger partial charge is 0.444 e. The van der Waals surface area contributed by atoms with Gasteiger partial charge in [0.15, 0.2) is 0 Å². The first-order chi connectivity index (χ1) is 12.2. The second-order valence-electron chi connectivity index (χ2n) is 7.50. The highest BCUT2D eigenvalue weighted by atomic mass is 35.5. The third-order valence-corrected chi connectivity index (χ3v) is 4.46. The molecule has 0 atom stereocenters. The van der Waals surface area contributed by atoms with Gasteiger partial charge in [-0.3, -0.25) is 9.89 Å². The van der Waals surface area contributed by atoms with Gasteiger partial charge in [0.25, 0.3) is 5.91 Å². The number of carbonyl (C=O) groups is 2. The number of aromatic amines is 1. The summed E-state index contributed by atoms with van der Waals surface area (Å²) in [4.78, 5) is 26.4. The van der Waals surface area contributed by atoms with Crippen molar-refractivity contribution in [2.75, 3.05) is 13.1 Å². The molecule has 2 heterocycles. The highest BCUT2D eigenvalue weighted by Gasteiger charge is 2.28. The molecule has 7 nitrogen and oxygen atoms in total. The molecule has 8 heteroatoms. The van der Waals surface area contributed by atoms with Crippen molar-refractivity contribution in [3.63, 3.8) is 0 Å². The number of aromatic nitrogens is 2. The summed E-state index contributed by atoms with van der Waals surface area (Å²) >= 11 is 6.09. The number of carbonyl (C=O) groups excluding carboxylic acids is 2. The fraction of sp³-hybridized carbons (Fsp3) is 0.500. The molecule has 0 unspecified atom stereocenters. The van der Waals surface area contributed by atoms with E-state index >= 15 is 0 Å². The first kappa shape index (κ1) is 18.5. The molecule has 0 spiro atoms. The van der Waals surface area contributed by atoms with Crippen LogP contribution in [0, 0.1) is 0 Å². The minimum atomic E-state index is -0.510. The molecule has 1 aliphatic rings. The van der Waals surface area contributed by atoms with Crippen LogP contribution in [0.25, 0.3) is 10.9 Å². The number of nitrogens with zero attached hydrogens (tertiary/aromatic N) is 2. The van der Waals surface area contributed by atoms with Crippen LogP contribution in [0.15, 0.2) is 18.3 Å². The minimum Gasteiger partial charge on any atom is -0.444 e. The number of H-pyrrole nitrogens is 1. The molecular weight excluding hydrogens is 356 g/mol. The van der Waals surface area contributed by atoms with Crippen LogP contribution < -0.4 is 5.32 Å². The summed E-state index contributed by atoms with van der Waals surface area (Å²) in [6, 6.07) is 3.39. The Hall–Kier alpha value is -2.28. The standard InChI is InChI=1S/C18H23ClN4O3/c1-18(2,3)26-17(25)23-6-4-13(5-7-23)21-16(24)14-9-12(19)8-11-10-20-22-15(11)14/h8-10,13H,4-7H2,1-3H3,(H,20,22)(H,21,24). The van der Waals surface area contributed by atoms with Gasteiger partial charge in [-0.05, 0) is 45.7 Å².